The van der Waals surface area contributed by atoms with E-state index >= 15 is 0 Å². The van der Waals surface area contributed by atoms with Gasteiger partial charge in [0.2, 0.25) is 0 Å². The van der Waals surface area contributed by atoms with Crippen molar-refractivity contribution in [2.75, 3.05) is 13.7 Å². The Balaban J connectivity index is 2.49. The fourth-order valence-corrected chi connectivity index (χ4v) is 1.37. The predicted octanol–water partition coefficient (Wildman–Crippen LogP) is 2.24. The second-order valence-corrected chi connectivity index (χ2v) is 3.75. The van der Waals surface area contributed by atoms with Gasteiger partial charge in [0.05, 0.1) is 0 Å². The van der Waals surface area contributed by atoms with E-state index in [9.17, 15) is 0 Å². The van der Waals surface area contributed by atoms with Gasteiger partial charge in [-0.25, -0.2) is 0 Å². The summed E-state index contributed by atoms with van der Waals surface area (Å²) >= 11 is 0. The molecule has 1 aromatic rings. The highest BCUT2D eigenvalue weighted by atomic mass is 16.5. The van der Waals surface area contributed by atoms with Crippen molar-refractivity contribution < 1.29 is 4.74 Å². The normalized spacial score (nSPS) is 11.4. The van der Waals surface area contributed by atoms with Gasteiger partial charge in [0.25, 0.3) is 0 Å². The van der Waals surface area contributed by atoms with E-state index in [1.807, 2.05) is 26.1 Å². The second kappa shape index (κ2) is 6.92. The molecule has 1 atom stereocenters. The fraction of sp³-hybridized carbons (Fsp3) is 0.429. The fourth-order valence-electron chi connectivity index (χ4n) is 1.37. The van der Waals surface area contributed by atoms with E-state index < -0.39 is 0 Å². The second-order valence-electron chi connectivity index (χ2n) is 3.75. The molecular weight excluding hydrogens is 198 g/mol. The summed E-state index contributed by atoms with van der Waals surface area (Å²) in [6.07, 6.45) is 1.03. The lowest BCUT2D eigenvalue weighted by atomic mass is 10.1. The Kier molecular flexibility index (Phi) is 5.45. The van der Waals surface area contributed by atoms with Crippen LogP contribution in [0.5, 0.6) is 5.75 Å². The summed E-state index contributed by atoms with van der Waals surface area (Å²) in [6.45, 7) is 4.44. The summed E-state index contributed by atoms with van der Waals surface area (Å²) in [7, 11) is 1.98. The van der Waals surface area contributed by atoms with Gasteiger partial charge in [-0.05, 0) is 45.0 Å². The molecule has 16 heavy (non-hydrogen) atoms. The molecule has 2 nitrogen and oxygen atoms in total. The molecule has 0 amide bonds. The van der Waals surface area contributed by atoms with Crippen molar-refractivity contribution in [2.24, 2.45) is 0 Å². The molecule has 0 bridgehead atoms. The van der Waals surface area contributed by atoms with Crippen molar-refractivity contribution in [1.29, 1.82) is 0 Å². The van der Waals surface area contributed by atoms with E-state index in [0.717, 1.165) is 12.2 Å². The van der Waals surface area contributed by atoms with Crippen LogP contribution in [0.4, 0.5) is 0 Å². The molecule has 0 heterocycles. The molecule has 0 aliphatic carbocycles. The Hall–Kier alpha value is -1.46. The third-order valence-electron chi connectivity index (χ3n) is 2.45. The smallest absolute Gasteiger partial charge is 0.149 e. The molecule has 0 aliphatic rings. The van der Waals surface area contributed by atoms with Gasteiger partial charge in [-0.15, -0.1) is 5.92 Å². The molecule has 1 aromatic carbocycles. The summed E-state index contributed by atoms with van der Waals surface area (Å²) in [4.78, 5) is 0. The van der Waals surface area contributed by atoms with Gasteiger partial charge >= 0.3 is 0 Å². The molecule has 2 heteroatoms. The van der Waals surface area contributed by atoms with E-state index in [4.69, 9.17) is 4.74 Å². The van der Waals surface area contributed by atoms with E-state index in [1.54, 1.807) is 0 Å². The molecule has 1 unspecified atom stereocenters. The maximum atomic E-state index is 5.44. The minimum absolute atomic E-state index is 0.461. The van der Waals surface area contributed by atoms with Crippen LogP contribution in [-0.4, -0.2) is 19.7 Å². The lowest BCUT2D eigenvalue weighted by Gasteiger charge is -2.10. The van der Waals surface area contributed by atoms with Gasteiger partial charge in [-0.3, -0.25) is 0 Å². The summed E-state index contributed by atoms with van der Waals surface area (Å²) in [5.74, 6) is 6.55. The van der Waals surface area contributed by atoms with Crippen LogP contribution >= 0.6 is 0 Å². The SMILES string of the molecule is CC#CCOc1ccc(CC(C)NC)cc1. The highest BCUT2D eigenvalue weighted by molar-refractivity contribution is 5.28. The van der Waals surface area contributed by atoms with Crippen LogP contribution in [0.3, 0.4) is 0 Å². The topological polar surface area (TPSA) is 21.3 Å². The number of ether oxygens (including phenoxy) is 1. The summed E-state index contributed by atoms with van der Waals surface area (Å²) in [5.41, 5.74) is 1.32. The van der Waals surface area contributed by atoms with E-state index in [2.05, 4.69) is 36.2 Å². The number of benzene rings is 1. The van der Waals surface area contributed by atoms with Gasteiger partial charge in [0.1, 0.15) is 12.4 Å². The number of hydrogen-bond acceptors (Lipinski definition) is 2. The van der Waals surface area contributed by atoms with Crippen LogP contribution in [0.2, 0.25) is 0 Å². The van der Waals surface area contributed by atoms with E-state index in [0.29, 0.717) is 12.6 Å². The van der Waals surface area contributed by atoms with Crippen LogP contribution in [0.25, 0.3) is 0 Å². The lowest BCUT2D eigenvalue weighted by Crippen LogP contribution is -2.23. The maximum Gasteiger partial charge on any atom is 0.149 e. The highest BCUT2D eigenvalue weighted by Crippen LogP contribution is 2.13. The average Bonchev–Trinajstić information content (AvgIpc) is 2.31. The quantitative estimate of drug-likeness (QED) is 0.764. The molecule has 0 spiro atoms. The molecule has 1 N–H and O–H groups in total. The van der Waals surface area contributed by atoms with Crippen molar-refractivity contribution in [2.45, 2.75) is 26.3 Å². The van der Waals surface area contributed by atoms with Gasteiger partial charge < -0.3 is 10.1 Å². The molecule has 1 rings (SSSR count). The Morgan fingerprint density at radius 1 is 1.31 bits per heavy atom. The van der Waals surface area contributed by atoms with Crippen LogP contribution in [0.1, 0.15) is 19.4 Å². The monoisotopic (exact) mass is 217 g/mol. The van der Waals surface area contributed by atoms with Gasteiger partial charge in [0.15, 0.2) is 0 Å². The van der Waals surface area contributed by atoms with Crippen LogP contribution in [0.15, 0.2) is 24.3 Å². The summed E-state index contributed by atoms with van der Waals surface area (Å²) in [5, 5.41) is 3.22. The number of nitrogens with one attached hydrogen (secondary N) is 1. The van der Waals surface area contributed by atoms with Crippen molar-refractivity contribution in [3.8, 4) is 17.6 Å². The molecule has 0 aliphatic heterocycles. The standard InChI is InChI=1S/C14H19NO/c1-4-5-10-16-14-8-6-13(7-9-14)11-12(2)15-3/h6-9,12,15H,10-11H2,1-3H3. The summed E-state index contributed by atoms with van der Waals surface area (Å²) in [6, 6.07) is 8.69. The predicted molar refractivity (Wildman–Crippen MR) is 67.6 cm³/mol. The Morgan fingerprint density at radius 2 is 2.00 bits per heavy atom. The molecule has 0 saturated heterocycles. The first-order valence-corrected chi connectivity index (χ1v) is 5.55. The van der Waals surface area contributed by atoms with Crippen molar-refractivity contribution in [1.82, 2.24) is 5.32 Å². The Bertz CT molecular complexity index is 359. The third-order valence-corrected chi connectivity index (χ3v) is 2.45. The Morgan fingerprint density at radius 3 is 2.56 bits per heavy atom. The van der Waals surface area contributed by atoms with Crippen LogP contribution in [-0.2, 0) is 6.42 Å². The average molecular weight is 217 g/mol. The van der Waals surface area contributed by atoms with Crippen molar-refractivity contribution in [3.05, 3.63) is 29.8 Å². The molecule has 0 saturated carbocycles. The number of hydrogen-bond donors (Lipinski definition) is 1. The number of rotatable bonds is 5. The molecule has 0 fully saturated rings. The van der Waals surface area contributed by atoms with Crippen molar-refractivity contribution >= 4 is 0 Å². The largest absolute Gasteiger partial charge is 0.481 e. The number of likely N-dealkylation sites (N-methyl/N-ethyl adjacent to an activating group) is 1. The van der Waals surface area contributed by atoms with Crippen molar-refractivity contribution in [3.63, 3.8) is 0 Å². The molecule has 0 aromatic heterocycles. The first kappa shape index (κ1) is 12.6. The van der Waals surface area contributed by atoms with E-state index in [-0.39, 0.29) is 0 Å². The Labute approximate surface area is 98.0 Å². The first-order valence-electron chi connectivity index (χ1n) is 5.55. The zero-order valence-electron chi connectivity index (χ0n) is 10.2. The molecule has 0 radical (unpaired) electrons. The van der Waals surface area contributed by atoms with Gasteiger partial charge in [-0.2, -0.15) is 0 Å². The lowest BCUT2D eigenvalue weighted by molar-refractivity contribution is 0.370. The summed E-state index contributed by atoms with van der Waals surface area (Å²) < 4.78 is 5.44. The minimum Gasteiger partial charge on any atom is -0.481 e. The zero-order chi connectivity index (χ0) is 11.8. The maximum absolute atomic E-state index is 5.44. The molecule has 86 valence electrons. The van der Waals surface area contributed by atoms with Crippen LogP contribution < -0.4 is 10.1 Å². The van der Waals surface area contributed by atoms with Gasteiger partial charge in [-0.1, -0.05) is 18.1 Å². The van der Waals surface area contributed by atoms with Gasteiger partial charge in [0, 0.05) is 6.04 Å². The highest BCUT2D eigenvalue weighted by Gasteiger charge is 2.00. The van der Waals surface area contributed by atoms with Crippen LogP contribution in [0, 0.1) is 11.8 Å². The zero-order valence-corrected chi connectivity index (χ0v) is 10.2. The molecular formula is C14H19NO. The van der Waals surface area contributed by atoms with E-state index in [1.165, 1.54) is 5.56 Å². The first-order chi connectivity index (χ1) is 7.76. The third kappa shape index (κ3) is 4.37. The minimum atomic E-state index is 0.461.